The average molecular weight is 451 g/mol. The van der Waals surface area contributed by atoms with Gasteiger partial charge in [0.1, 0.15) is 0 Å². The molecule has 2 aliphatic carbocycles. The van der Waals surface area contributed by atoms with E-state index in [1.54, 1.807) is 13.0 Å². The Labute approximate surface area is 197 Å². The molecule has 1 aromatic carbocycles. The first-order valence-corrected chi connectivity index (χ1v) is 13.1. The van der Waals surface area contributed by atoms with Crippen LogP contribution in [-0.4, -0.2) is 46.1 Å². The first-order valence-electron chi connectivity index (χ1n) is 13.1. The van der Waals surface area contributed by atoms with Crippen LogP contribution >= 0.6 is 0 Å². The number of nitrogens with zero attached hydrogens (tertiary/aromatic N) is 2. The van der Waals surface area contributed by atoms with Gasteiger partial charge in [0.25, 0.3) is 0 Å². The number of hydrogen-bond donors (Lipinski definition) is 1. The summed E-state index contributed by atoms with van der Waals surface area (Å²) in [7, 11) is 0. The Morgan fingerprint density at radius 2 is 1.55 bits per heavy atom. The Kier molecular flexibility index (Phi) is 6.60. The van der Waals surface area contributed by atoms with Crippen molar-refractivity contribution in [1.82, 2.24) is 4.90 Å². The number of anilines is 1. The molecule has 2 heterocycles. The molecule has 0 aromatic heterocycles. The summed E-state index contributed by atoms with van der Waals surface area (Å²) >= 11 is 0. The van der Waals surface area contributed by atoms with E-state index in [0.29, 0.717) is 12.1 Å². The van der Waals surface area contributed by atoms with E-state index < -0.39 is 5.97 Å². The highest BCUT2D eigenvalue weighted by atomic mass is 16.4. The molecule has 5 heteroatoms. The van der Waals surface area contributed by atoms with Gasteiger partial charge in [-0.05, 0) is 74.5 Å². The van der Waals surface area contributed by atoms with E-state index in [-0.39, 0.29) is 11.9 Å². The highest BCUT2D eigenvalue weighted by Crippen LogP contribution is 2.46. The number of hydrogen-bond acceptors (Lipinski definition) is 3. The van der Waals surface area contributed by atoms with Crippen molar-refractivity contribution in [2.24, 2.45) is 11.8 Å². The third-order valence-electron chi connectivity index (χ3n) is 8.84. The average Bonchev–Trinajstić information content (AvgIpc) is 2.77. The van der Waals surface area contributed by atoms with Crippen LogP contribution in [0.25, 0.3) is 6.08 Å². The molecule has 1 aromatic rings. The van der Waals surface area contributed by atoms with E-state index in [0.717, 1.165) is 48.0 Å². The Morgan fingerprint density at radius 3 is 2.18 bits per heavy atom. The van der Waals surface area contributed by atoms with Crippen LogP contribution < -0.4 is 4.90 Å². The zero-order valence-corrected chi connectivity index (χ0v) is 19.9. The molecule has 33 heavy (non-hydrogen) atoms. The number of para-hydroxylation sites is 1. The second kappa shape index (κ2) is 9.61. The zero-order valence-electron chi connectivity index (χ0n) is 19.9. The lowest BCUT2D eigenvalue weighted by atomic mass is 9.68. The topological polar surface area (TPSA) is 60.9 Å². The highest BCUT2D eigenvalue weighted by molar-refractivity contribution is 5.95. The lowest BCUT2D eigenvalue weighted by Gasteiger charge is -2.56. The molecule has 1 amide bonds. The van der Waals surface area contributed by atoms with Gasteiger partial charge in [-0.25, -0.2) is 4.79 Å². The smallest absolute Gasteiger partial charge is 0.328 e. The summed E-state index contributed by atoms with van der Waals surface area (Å²) in [6, 6.07) is 9.76. The predicted molar refractivity (Wildman–Crippen MR) is 131 cm³/mol. The van der Waals surface area contributed by atoms with E-state index in [1.807, 2.05) is 29.2 Å². The van der Waals surface area contributed by atoms with Gasteiger partial charge in [-0.15, -0.1) is 0 Å². The molecule has 0 radical (unpaired) electrons. The number of benzene rings is 1. The van der Waals surface area contributed by atoms with E-state index in [2.05, 4.69) is 4.90 Å². The van der Waals surface area contributed by atoms with E-state index in [4.69, 9.17) is 5.11 Å². The summed E-state index contributed by atoms with van der Waals surface area (Å²) in [4.78, 5) is 28.9. The maximum atomic E-state index is 12.9. The number of carbonyl (C=O) groups is 2. The Hall–Kier alpha value is -2.14. The highest BCUT2D eigenvalue weighted by Gasteiger charge is 2.46. The lowest BCUT2D eigenvalue weighted by Crippen LogP contribution is -2.61. The second-order valence-corrected chi connectivity index (χ2v) is 11.0. The number of carboxylic acid groups (broad SMARTS) is 1. The third-order valence-corrected chi connectivity index (χ3v) is 8.84. The van der Waals surface area contributed by atoms with E-state index >= 15 is 0 Å². The van der Waals surface area contributed by atoms with Gasteiger partial charge in [-0.2, -0.15) is 0 Å². The van der Waals surface area contributed by atoms with Gasteiger partial charge >= 0.3 is 5.97 Å². The van der Waals surface area contributed by atoms with Crippen LogP contribution in [0.3, 0.4) is 0 Å². The fourth-order valence-electron chi connectivity index (χ4n) is 7.77. The van der Waals surface area contributed by atoms with Gasteiger partial charge in [-0.1, -0.05) is 43.9 Å². The van der Waals surface area contributed by atoms with Gasteiger partial charge < -0.3 is 10.0 Å². The summed E-state index contributed by atoms with van der Waals surface area (Å²) < 4.78 is 0. The number of piperidine rings is 2. The molecular weight excluding hydrogens is 412 g/mol. The second-order valence-electron chi connectivity index (χ2n) is 11.0. The summed E-state index contributed by atoms with van der Waals surface area (Å²) in [6.07, 6.45) is 17.1. The molecule has 4 bridgehead atoms. The molecule has 2 aliphatic heterocycles. The third kappa shape index (κ3) is 4.75. The van der Waals surface area contributed by atoms with Crippen LogP contribution in [0.1, 0.15) is 83.1 Å². The number of carbonyl (C=O) groups excluding carboxylic acids is 1. The normalized spacial score (nSPS) is 34.2. The van der Waals surface area contributed by atoms with Crippen LogP contribution in [-0.2, 0) is 9.59 Å². The molecule has 178 valence electrons. The van der Waals surface area contributed by atoms with Crippen molar-refractivity contribution in [1.29, 1.82) is 0 Å². The molecule has 2 saturated carbocycles. The van der Waals surface area contributed by atoms with Crippen molar-refractivity contribution in [3.05, 3.63) is 35.9 Å². The fraction of sp³-hybridized carbons (Fsp3) is 0.643. The summed E-state index contributed by atoms with van der Waals surface area (Å²) in [5, 5.41) is 9.11. The molecule has 4 fully saturated rings. The predicted octanol–water partition coefficient (Wildman–Crippen LogP) is 5.49. The minimum absolute atomic E-state index is 0.0508. The number of amides is 1. The minimum atomic E-state index is -0.973. The van der Waals surface area contributed by atoms with Crippen LogP contribution in [0.5, 0.6) is 0 Å². The summed E-state index contributed by atoms with van der Waals surface area (Å²) in [6.45, 7) is 1.65. The molecule has 0 spiro atoms. The van der Waals surface area contributed by atoms with Crippen molar-refractivity contribution < 1.29 is 14.7 Å². The van der Waals surface area contributed by atoms with Crippen LogP contribution in [0.4, 0.5) is 5.69 Å². The molecule has 1 N–H and O–H groups in total. The van der Waals surface area contributed by atoms with Crippen LogP contribution in [0.2, 0.25) is 0 Å². The lowest BCUT2D eigenvalue weighted by molar-refractivity contribution is -0.131. The summed E-state index contributed by atoms with van der Waals surface area (Å²) in [5.74, 6) is 0.944. The Balaban J connectivity index is 1.39. The molecule has 4 atom stereocenters. The van der Waals surface area contributed by atoms with E-state index in [9.17, 15) is 9.59 Å². The quantitative estimate of drug-likeness (QED) is 0.603. The van der Waals surface area contributed by atoms with E-state index in [1.165, 1.54) is 57.8 Å². The molecule has 5 rings (SSSR count). The number of rotatable bonds is 5. The van der Waals surface area contributed by atoms with Crippen molar-refractivity contribution in [3.63, 3.8) is 0 Å². The van der Waals surface area contributed by atoms with Crippen molar-refractivity contribution in [2.75, 3.05) is 4.90 Å². The summed E-state index contributed by atoms with van der Waals surface area (Å²) in [5.41, 5.74) is 1.63. The number of aliphatic carboxylic acids is 1. The fourth-order valence-corrected chi connectivity index (χ4v) is 7.77. The number of fused-ring (bicyclic) bond motifs is 4. The first kappa shape index (κ1) is 22.6. The first-order chi connectivity index (χ1) is 16.0. The van der Waals surface area contributed by atoms with Gasteiger partial charge in [0, 0.05) is 37.2 Å². The van der Waals surface area contributed by atoms with Crippen molar-refractivity contribution in [3.8, 4) is 0 Å². The number of carboxylic acids is 1. The van der Waals surface area contributed by atoms with Crippen LogP contribution in [0.15, 0.2) is 30.3 Å². The molecule has 2 saturated heterocycles. The largest absolute Gasteiger partial charge is 0.478 e. The SMILES string of the molecule is CC(=O)N(c1ccccc1/C=C/C(=O)O)C1CC2CCCC(C1)N2C1CC2CCCC(C2)C1. The molecular formula is C28H38N2O3. The minimum Gasteiger partial charge on any atom is -0.478 e. The zero-order chi connectivity index (χ0) is 22.9. The maximum Gasteiger partial charge on any atom is 0.328 e. The van der Waals surface area contributed by atoms with Crippen LogP contribution in [0, 0.1) is 11.8 Å². The Bertz CT molecular complexity index is 886. The standard InChI is InChI=1S/C28H38N2O3/c1-19(31)29(27-11-3-2-8-22(27)12-13-28(32)33)26-17-23-9-5-10-24(18-26)30(23)25-15-20-6-4-7-21(14-20)16-25/h2-3,8,11-13,20-21,23-26H,4-7,9-10,14-18H2,1H3,(H,32,33)/b13-12+. The Morgan fingerprint density at radius 1 is 0.909 bits per heavy atom. The van der Waals surface area contributed by atoms with Gasteiger partial charge in [0.05, 0.1) is 5.69 Å². The van der Waals surface area contributed by atoms with Crippen molar-refractivity contribution >= 4 is 23.6 Å². The van der Waals surface area contributed by atoms with Gasteiger partial charge in [-0.3, -0.25) is 9.69 Å². The van der Waals surface area contributed by atoms with Gasteiger partial charge in [0.15, 0.2) is 0 Å². The maximum absolute atomic E-state index is 12.9. The molecule has 5 nitrogen and oxygen atoms in total. The van der Waals surface area contributed by atoms with Crippen molar-refractivity contribution in [2.45, 2.75) is 102 Å². The molecule has 4 unspecified atom stereocenters. The van der Waals surface area contributed by atoms with Gasteiger partial charge in [0.2, 0.25) is 5.91 Å². The molecule has 4 aliphatic rings. The monoisotopic (exact) mass is 450 g/mol.